The Bertz CT molecular complexity index is 545. The van der Waals surface area contributed by atoms with Crippen molar-refractivity contribution in [3.05, 3.63) is 33.9 Å². The fourth-order valence-electron chi connectivity index (χ4n) is 2.68. The van der Waals surface area contributed by atoms with Gasteiger partial charge < -0.3 is 11.1 Å². The lowest BCUT2D eigenvalue weighted by molar-refractivity contribution is -0.384. The summed E-state index contributed by atoms with van der Waals surface area (Å²) in [4.78, 5) is 10.6. The maximum absolute atomic E-state index is 11.1. The first-order chi connectivity index (χ1) is 9.56. The van der Waals surface area contributed by atoms with Crippen molar-refractivity contribution in [3.63, 3.8) is 0 Å². The van der Waals surface area contributed by atoms with Crippen LogP contribution in [-0.4, -0.2) is 17.0 Å². The maximum atomic E-state index is 11.1. The lowest BCUT2D eigenvalue weighted by Gasteiger charge is -2.33. The largest absolute Gasteiger partial charge is 0.378 e. The molecule has 20 heavy (non-hydrogen) atoms. The molecular formula is C14H18N4O2. The normalized spacial score (nSPS) is 17.2. The third-order valence-corrected chi connectivity index (χ3v) is 3.82. The molecule has 1 fully saturated rings. The van der Waals surface area contributed by atoms with Gasteiger partial charge in [0, 0.05) is 12.1 Å². The Kier molecular flexibility index (Phi) is 4.20. The number of nitrogens with zero attached hydrogens (tertiary/aromatic N) is 2. The van der Waals surface area contributed by atoms with Gasteiger partial charge in [0.15, 0.2) is 0 Å². The monoisotopic (exact) mass is 274 g/mol. The third kappa shape index (κ3) is 3.06. The van der Waals surface area contributed by atoms with Crippen LogP contribution in [0.1, 0.15) is 37.7 Å². The number of para-hydroxylation sites is 1. The van der Waals surface area contributed by atoms with Crippen molar-refractivity contribution < 1.29 is 4.92 Å². The zero-order chi connectivity index (χ0) is 14.6. The summed E-state index contributed by atoms with van der Waals surface area (Å²) >= 11 is 0. The molecule has 0 radical (unpaired) electrons. The Morgan fingerprint density at radius 3 is 2.70 bits per heavy atom. The number of rotatable bonds is 4. The minimum Gasteiger partial charge on any atom is -0.378 e. The highest BCUT2D eigenvalue weighted by molar-refractivity contribution is 5.68. The number of benzene rings is 1. The second-order valence-corrected chi connectivity index (χ2v) is 5.35. The molecule has 0 atom stereocenters. The molecule has 0 saturated heterocycles. The van der Waals surface area contributed by atoms with E-state index < -0.39 is 4.92 Å². The van der Waals surface area contributed by atoms with Crippen LogP contribution in [0.15, 0.2) is 18.2 Å². The molecular weight excluding hydrogens is 256 g/mol. The van der Waals surface area contributed by atoms with E-state index in [1.54, 1.807) is 12.1 Å². The number of hydrogen-bond acceptors (Lipinski definition) is 5. The molecule has 0 aliphatic heterocycles. The fourth-order valence-corrected chi connectivity index (χ4v) is 2.68. The minimum atomic E-state index is -0.523. The highest BCUT2D eigenvalue weighted by Crippen LogP contribution is 2.30. The van der Waals surface area contributed by atoms with Gasteiger partial charge in [-0.05, 0) is 25.0 Å². The molecule has 1 aliphatic carbocycles. The molecule has 0 heterocycles. The number of anilines is 1. The predicted octanol–water partition coefficient (Wildman–Crippen LogP) is 2.54. The molecule has 0 unspecified atom stereocenters. The summed E-state index contributed by atoms with van der Waals surface area (Å²) in [5.41, 5.74) is 6.25. The van der Waals surface area contributed by atoms with Gasteiger partial charge in [0.25, 0.3) is 0 Å². The van der Waals surface area contributed by atoms with E-state index in [0.29, 0.717) is 12.2 Å². The SMILES string of the molecule is N#Cc1cccc(NCC2(N)CCCCC2)c1[N+](=O)[O-]. The molecule has 0 amide bonds. The predicted molar refractivity (Wildman–Crippen MR) is 76.3 cm³/mol. The van der Waals surface area contributed by atoms with Gasteiger partial charge in [-0.3, -0.25) is 10.1 Å². The quantitative estimate of drug-likeness (QED) is 0.648. The lowest BCUT2D eigenvalue weighted by atomic mass is 9.82. The molecule has 3 N–H and O–H groups in total. The van der Waals surface area contributed by atoms with Crippen molar-refractivity contribution >= 4 is 11.4 Å². The van der Waals surface area contributed by atoms with Gasteiger partial charge in [0.05, 0.1) is 4.92 Å². The van der Waals surface area contributed by atoms with E-state index >= 15 is 0 Å². The second-order valence-electron chi connectivity index (χ2n) is 5.35. The molecule has 0 bridgehead atoms. The van der Waals surface area contributed by atoms with E-state index in [1.165, 1.54) is 12.5 Å². The Labute approximate surface area is 117 Å². The van der Waals surface area contributed by atoms with E-state index in [-0.39, 0.29) is 16.8 Å². The molecule has 106 valence electrons. The van der Waals surface area contributed by atoms with Crippen molar-refractivity contribution in [3.8, 4) is 6.07 Å². The highest BCUT2D eigenvalue weighted by atomic mass is 16.6. The number of nitro benzene ring substituents is 1. The van der Waals surface area contributed by atoms with E-state index in [0.717, 1.165) is 25.7 Å². The van der Waals surface area contributed by atoms with Crippen molar-refractivity contribution in [2.75, 3.05) is 11.9 Å². The maximum Gasteiger partial charge on any atom is 0.309 e. The topological polar surface area (TPSA) is 105 Å². The lowest BCUT2D eigenvalue weighted by Crippen LogP contribution is -2.47. The third-order valence-electron chi connectivity index (χ3n) is 3.82. The molecule has 1 aromatic carbocycles. The molecule has 2 rings (SSSR count). The second kappa shape index (κ2) is 5.88. The number of nitriles is 1. The van der Waals surface area contributed by atoms with Crippen molar-refractivity contribution in [1.82, 2.24) is 0 Å². The highest BCUT2D eigenvalue weighted by Gasteiger charge is 2.28. The summed E-state index contributed by atoms with van der Waals surface area (Å²) in [6.45, 7) is 0.489. The van der Waals surface area contributed by atoms with Crippen molar-refractivity contribution in [2.24, 2.45) is 5.73 Å². The van der Waals surface area contributed by atoms with Gasteiger partial charge in [-0.1, -0.05) is 25.3 Å². The Morgan fingerprint density at radius 1 is 1.40 bits per heavy atom. The Hall–Kier alpha value is -2.13. The van der Waals surface area contributed by atoms with Crippen LogP contribution in [0.25, 0.3) is 0 Å². The smallest absolute Gasteiger partial charge is 0.309 e. The molecule has 1 aliphatic rings. The molecule has 1 aromatic rings. The first-order valence-electron chi connectivity index (χ1n) is 6.76. The van der Waals surface area contributed by atoms with Gasteiger partial charge >= 0.3 is 5.69 Å². The molecule has 1 saturated carbocycles. The first kappa shape index (κ1) is 14.3. The van der Waals surface area contributed by atoms with Gasteiger partial charge in [-0.15, -0.1) is 0 Å². The summed E-state index contributed by atoms with van der Waals surface area (Å²) < 4.78 is 0. The number of nitrogens with one attached hydrogen (secondary N) is 1. The zero-order valence-corrected chi connectivity index (χ0v) is 11.3. The van der Waals surface area contributed by atoms with E-state index in [9.17, 15) is 10.1 Å². The van der Waals surface area contributed by atoms with Crippen LogP contribution in [0.2, 0.25) is 0 Å². The van der Waals surface area contributed by atoms with E-state index in [4.69, 9.17) is 11.0 Å². The first-order valence-corrected chi connectivity index (χ1v) is 6.76. The van der Waals surface area contributed by atoms with E-state index in [2.05, 4.69) is 5.32 Å². The van der Waals surface area contributed by atoms with Crippen LogP contribution in [-0.2, 0) is 0 Å². The molecule has 0 aromatic heterocycles. The number of hydrogen-bond donors (Lipinski definition) is 2. The van der Waals surface area contributed by atoms with Gasteiger partial charge in [-0.25, -0.2) is 0 Å². The molecule has 6 heteroatoms. The standard InChI is InChI=1S/C14H18N4O2/c15-9-11-5-4-6-12(13(11)18(19)20)17-10-14(16)7-2-1-3-8-14/h4-6,17H,1-3,7-8,10,16H2. The minimum absolute atomic E-state index is 0.0646. The average molecular weight is 274 g/mol. The average Bonchev–Trinajstić information content (AvgIpc) is 2.45. The van der Waals surface area contributed by atoms with Crippen LogP contribution in [0.3, 0.4) is 0 Å². The summed E-state index contributed by atoms with van der Waals surface area (Å²) in [5, 5.41) is 23.1. The summed E-state index contributed by atoms with van der Waals surface area (Å²) in [7, 11) is 0. The van der Waals surface area contributed by atoms with Crippen LogP contribution in [0.5, 0.6) is 0 Å². The van der Waals surface area contributed by atoms with Gasteiger partial charge in [0.1, 0.15) is 17.3 Å². The fraction of sp³-hybridized carbons (Fsp3) is 0.500. The van der Waals surface area contributed by atoms with Crippen LogP contribution in [0.4, 0.5) is 11.4 Å². The number of nitro groups is 1. The van der Waals surface area contributed by atoms with Crippen LogP contribution < -0.4 is 11.1 Å². The Balaban J connectivity index is 2.17. The van der Waals surface area contributed by atoms with Crippen molar-refractivity contribution in [1.29, 1.82) is 5.26 Å². The summed E-state index contributed by atoms with van der Waals surface area (Å²) in [5.74, 6) is 0. The summed E-state index contributed by atoms with van der Waals surface area (Å²) in [6, 6.07) is 6.55. The molecule has 6 nitrogen and oxygen atoms in total. The van der Waals surface area contributed by atoms with E-state index in [1.807, 2.05) is 6.07 Å². The van der Waals surface area contributed by atoms with Gasteiger partial charge in [0.2, 0.25) is 0 Å². The zero-order valence-electron chi connectivity index (χ0n) is 11.3. The van der Waals surface area contributed by atoms with Crippen LogP contribution in [0, 0.1) is 21.4 Å². The Morgan fingerprint density at radius 2 is 2.10 bits per heavy atom. The van der Waals surface area contributed by atoms with Gasteiger partial charge in [-0.2, -0.15) is 5.26 Å². The van der Waals surface area contributed by atoms with Crippen molar-refractivity contribution in [2.45, 2.75) is 37.6 Å². The molecule has 0 spiro atoms. The summed E-state index contributed by atoms with van der Waals surface area (Å²) in [6.07, 6.45) is 5.23. The van der Waals surface area contributed by atoms with Crippen LogP contribution >= 0.6 is 0 Å². The number of nitrogens with two attached hydrogens (primary N) is 1.